The van der Waals surface area contributed by atoms with E-state index >= 15 is 0 Å². The van der Waals surface area contributed by atoms with Gasteiger partial charge < -0.3 is 9.45 Å². The van der Waals surface area contributed by atoms with Crippen LogP contribution < -0.4 is 4.90 Å². The molecule has 0 N–H and O–H groups in total. The van der Waals surface area contributed by atoms with Crippen molar-refractivity contribution in [2.75, 3.05) is 23.5 Å². The zero-order chi connectivity index (χ0) is 16.1. The van der Waals surface area contributed by atoms with Crippen molar-refractivity contribution in [1.29, 1.82) is 0 Å². The number of halogens is 1. The van der Waals surface area contributed by atoms with Crippen LogP contribution in [-0.4, -0.2) is 43.8 Å². The molecule has 0 fully saturated rings. The quantitative estimate of drug-likeness (QED) is 0.754. The Morgan fingerprint density at radius 3 is 2.91 bits per heavy atom. The van der Waals surface area contributed by atoms with E-state index in [1.54, 1.807) is 40.5 Å². The third-order valence-corrected chi connectivity index (χ3v) is 4.12. The number of hydrogen-bond acceptors (Lipinski definition) is 4. The van der Waals surface area contributed by atoms with Crippen LogP contribution in [0.3, 0.4) is 0 Å². The van der Waals surface area contributed by atoms with Crippen molar-refractivity contribution in [1.82, 2.24) is 14.8 Å². The van der Waals surface area contributed by atoms with Crippen LogP contribution in [0, 0.1) is 0 Å². The summed E-state index contributed by atoms with van der Waals surface area (Å²) in [5, 5.41) is 4.46. The number of nitrogens with zero attached hydrogens (tertiary/aromatic N) is 4. The molecular weight excluding hydrogens is 324 g/mol. The number of aromatic nitrogens is 3. The van der Waals surface area contributed by atoms with E-state index in [9.17, 15) is 9.35 Å². The second-order valence-electron chi connectivity index (χ2n) is 4.63. The number of amides is 1. The Kier molecular flexibility index (Phi) is 5.82. The molecule has 1 atom stereocenters. The molecule has 0 saturated carbocycles. The minimum Gasteiger partial charge on any atom is -0.617 e. The van der Waals surface area contributed by atoms with Gasteiger partial charge in [-0.05, 0) is 19.1 Å². The van der Waals surface area contributed by atoms with Crippen molar-refractivity contribution >= 4 is 34.4 Å². The lowest BCUT2D eigenvalue weighted by atomic mass is 10.3. The molecule has 22 heavy (non-hydrogen) atoms. The Morgan fingerprint density at radius 1 is 1.55 bits per heavy atom. The van der Waals surface area contributed by atoms with Crippen molar-refractivity contribution in [3.05, 3.63) is 35.9 Å². The number of carbonyl (C=O) groups excluding carboxylic acids is 1. The van der Waals surface area contributed by atoms with Crippen LogP contribution in [0.25, 0.3) is 5.69 Å². The van der Waals surface area contributed by atoms with Gasteiger partial charge in [-0.25, -0.2) is 4.68 Å². The fourth-order valence-corrected chi connectivity index (χ4v) is 2.69. The normalized spacial score (nSPS) is 12.2. The lowest BCUT2D eigenvalue weighted by Gasteiger charge is -2.19. The topological polar surface area (TPSA) is 74.1 Å². The second-order valence-corrected chi connectivity index (χ2v) is 6.54. The van der Waals surface area contributed by atoms with E-state index in [1.807, 2.05) is 13.0 Å². The first-order valence-electron chi connectivity index (χ1n) is 6.79. The minimum absolute atomic E-state index is 0.120. The molecule has 2 rings (SSSR count). The molecule has 0 aliphatic rings. The average Bonchev–Trinajstić information content (AvgIpc) is 2.89. The molecule has 0 aliphatic carbocycles. The predicted molar refractivity (Wildman–Crippen MR) is 87.9 cm³/mol. The van der Waals surface area contributed by atoms with Gasteiger partial charge in [-0.15, -0.1) is 0 Å². The summed E-state index contributed by atoms with van der Waals surface area (Å²) >= 11 is 5.17. The van der Waals surface area contributed by atoms with Crippen LogP contribution in [0.15, 0.2) is 30.7 Å². The molecule has 118 valence electrons. The van der Waals surface area contributed by atoms with E-state index < -0.39 is 11.2 Å². The van der Waals surface area contributed by atoms with E-state index in [0.717, 1.165) is 5.69 Å². The Labute approximate surface area is 137 Å². The van der Waals surface area contributed by atoms with Gasteiger partial charge in [0.25, 0.3) is 0 Å². The molecule has 0 aromatic carbocycles. The van der Waals surface area contributed by atoms with E-state index in [-0.39, 0.29) is 17.5 Å². The average molecular weight is 341 g/mol. The zero-order valence-corrected chi connectivity index (χ0v) is 14.0. The van der Waals surface area contributed by atoms with Crippen LogP contribution in [0.1, 0.15) is 13.3 Å². The summed E-state index contributed by atoms with van der Waals surface area (Å²) in [6.07, 6.45) is 6.82. The van der Waals surface area contributed by atoms with E-state index in [4.69, 9.17) is 11.6 Å². The number of pyridine rings is 1. The molecule has 8 heteroatoms. The van der Waals surface area contributed by atoms with E-state index in [2.05, 4.69) is 10.1 Å². The van der Waals surface area contributed by atoms with Gasteiger partial charge in [-0.2, -0.15) is 5.10 Å². The molecule has 6 nitrogen and oxygen atoms in total. The SMILES string of the molecule is CCN(C(=O)CC[S+](C)[O-])c1cn(-c2cccnc2)nc1Cl. The maximum atomic E-state index is 12.3. The Morgan fingerprint density at radius 2 is 2.32 bits per heavy atom. The Balaban J connectivity index is 2.23. The smallest absolute Gasteiger partial charge is 0.231 e. The van der Waals surface area contributed by atoms with Crippen molar-refractivity contribution in [2.24, 2.45) is 0 Å². The van der Waals surface area contributed by atoms with Crippen LogP contribution in [0.2, 0.25) is 5.15 Å². The summed E-state index contributed by atoms with van der Waals surface area (Å²) in [5.74, 6) is 0.217. The zero-order valence-electron chi connectivity index (χ0n) is 12.4. The second kappa shape index (κ2) is 7.62. The van der Waals surface area contributed by atoms with Crippen molar-refractivity contribution in [2.45, 2.75) is 13.3 Å². The predicted octanol–water partition coefficient (Wildman–Crippen LogP) is 2.04. The van der Waals surface area contributed by atoms with Crippen molar-refractivity contribution in [3.63, 3.8) is 0 Å². The summed E-state index contributed by atoms with van der Waals surface area (Å²) in [7, 11) is 0. The Bertz CT molecular complexity index is 633. The third kappa shape index (κ3) is 4.00. The number of carbonyl (C=O) groups is 1. The molecule has 1 unspecified atom stereocenters. The van der Waals surface area contributed by atoms with Gasteiger partial charge in [-0.3, -0.25) is 9.78 Å². The molecule has 0 bridgehead atoms. The molecule has 2 aromatic rings. The molecule has 2 aromatic heterocycles. The maximum absolute atomic E-state index is 12.3. The summed E-state index contributed by atoms with van der Waals surface area (Å²) < 4.78 is 12.7. The molecular formula is C14H17ClN4O2S. The fraction of sp³-hybridized carbons (Fsp3) is 0.357. The maximum Gasteiger partial charge on any atom is 0.231 e. The molecule has 0 radical (unpaired) electrons. The highest BCUT2D eigenvalue weighted by atomic mass is 35.5. The summed E-state index contributed by atoms with van der Waals surface area (Å²) in [6.45, 7) is 2.33. The first-order chi connectivity index (χ1) is 10.5. The van der Waals surface area contributed by atoms with Gasteiger partial charge in [0.05, 0.1) is 30.8 Å². The van der Waals surface area contributed by atoms with Gasteiger partial charge in [-0.1, -0.05) is 22.8 Å². The van der Waals surface area contributed by atoms with Crippen LogP contribution in [0.4, 0.5) is 5.69 Å². The highest BCUT2D eigenvalue weighted by molar-refractivity contribution is 7.90. The summed E-state index contributed by atoms with van der Waals surface area (Å²) in [5.41, 5.74) is 1.30. The summed E-state index contributed by atoms with van der Waals surface area (Å²) in [6, 6.07) is 3.64. The molecule has 1 amide bonds. The van der Waals surface area contributed by atoms with E-state index in [1.165, 1.54) is 0 Å². The summed E-state index contributed by atoms with van der Waals surface area (Å²) in [4.78, 5) is 17.8. The lowest BCUT2D eigenvalue weighted by Crippen LogP contribution is -2.31. The molecule has 0 saturated heterocycles. The third-order valence-electron chi connectivity index (χ3n) is 3.07. The molecule has 2 heterocycles. The number of hydrogen-bond donors (Lipinski definition) is 0. The van der Waals surface area contributed by atoms with Crippen molar-refractivity contribution in [3.8, 4) is 5.69 Å². The highest BCUT2D eigenvalue weighted by Crippen LogP contribution is 2.26. The largest absolute Gasteiger partial charge is 0.617 e. The number of rotatable bonds is 6. The van der Waals surface area contributed by atoms with Gasteiger partial charge in [0.1, 0.15) is 11.4 Å². The molecule has 0 aliphatic heterocycles. The van der Waals surface area contributed by atoms with Crippen LogP contribution >= 0.6 is 11.6 Å². The standard InChI is InChI=1S/C14H17ClN4O2S/c1-3-18(13(20)6-8-22(2)21)12-10-19(17-14(12)15)11-5-4-7-16-9-11/h4-5,7,9-10H,3,6,8H2,1-2H3. The van der Waals surface area contributed by atoms with Crippen LogP contribution in [0.5, 0.6) is 0 Å². The minimum atomic E-state index is -1.00. The van der Waals surface area contributed by atoms with Gasteiger partial charge >= 0.3 is 0 Å². The lowest BCUT2D eigenvalue weighted by molar-refractivity contribution is -0.118. The van der Waals surface area contributed by atoms with E-state index in [0.29, 0.717) is 18.0 Å². The van der Waals surface area contributed by atoms with Crippen molar-refractivity contribution < 1.29 is 9.35 Å². The van der Waals surface area contributed by atoms with Gasteiger partial charge in [0.15, 0.2) is 5.15 Å². The number of anilines is 1. The fourth-order valence-electron chi connectivity index (χ4n) is 1.99. The Hall–Kier alpha value is -1.57. The van der Waals surface area contributed by atoms with Crippen LogP contribution in [-0.2, 0) is 16.0 Å². The molecule has 0 spiro atoms. The van der Waals surface area contributed by atoms with Gasteiger partial charge in [0.2, 0.25) is 5.91 Å². The monoisotopic (exact) mass is 340 g/mol. The first-order valence-corrected chi connectivity index (χ1v) is 8.89. The van der Waals surface area contributed by atoms with Gasteiger partial charge in [0, 0.05) is 12.7 Å². The highest BCUT2D eigenvalue weighted by Gasteiger charge is 2.21. The first kappa shape index (κ1) is 16.8.